The van der Waals surface area contributed by atoms with E-state index in [-0.39, 0.29) is 11.7 Å². The van der Waals surface area contributed by atoms with E-state index in [1.807, 2.05) is 0 Å². The molecule has 0 saturated heterocycles. The molecule has 4 saturated carbocycles. The summed E-state index contributed by atoms with van der Waals surface area (Å²) in [5.74, 6) is 6.44. The van der Waals surface area contributed by atoms with Crippen molar-refractivity contribution in [3.05, 3.63) is 35.9 Å². The van der Waals surface area contributed by atoms with Gasteiger partial charge in [0.25, 0.3) is 0 Å². The number of hydrogen-bond donors (Lipinski definition) is 1. The highest BCUT2D eigenvalue weighted by atomic mass is 16.5. The molecule has 2 unspecified atom stereocenters. The molecular weight excluding hydrogens is 492 g/mol. The van der Waals surface area contributed by atoms with Crippen molar-refractivity contribution in [2.75, 3.05) is 6.61 Å². The number of carbonyl (C=O) groups is 1. The van der Waals surface area contributed by atoms with Crippen LogP contribution in [0.1, 0.15) is 117 Å². The lowest BCUT2D eigenvalue weighted by Crippen LogP contribution is -2.53. The number of carbonyl (C=O) groups excluding carboxylic acids is 1. The molecule has 222 valence electrons. The SMILES string of the molecule is CC(COC(=O)/C=C/c1ccc(O)cc1)[C@H](C)CC[C@@H](C)[C@H]1CC[C@H]2[C@@H]3CCC4CCCC[C@]4(C)[C@H]3CC[C@]12C. The predicted molar refractivity (Wildman–Crippen MR) is 165 cm³/mol. The standard InChI is InChI=1S/C37H56O3/c1-25(27(3)24-40-35(39)20-13-28-11-15-30(38)16-12-28)9-10-26(2)32-18-19-33-31-17-14-29-8-6-7-22-36(29,4)34(31)21-23-37(32,33)5/h11-13,15-16,20,25-27,29,31-34,38H,6-10,14,17-19,21-24H2,1-5H3/b20-13+/t25-,26-,27?,29?,31+,32-,33+,34+,36+,37-/m1/s1. The fourth-order valence-electron chi connectivity index (χ4n) is 10.5. The Bertz CT molecular complexity index is 1030. The topological polar surface area (TPSA) is 46.5 Å². The molecule has 4 aliphatic carbocycles. The largest absolute Gasteiger partial charge is 0.508 e. The third-order valence-corrected chi connectivity index (χ3v) is 13.2. The molecule has 0 bridgehead atoms. The normalized spacial score (nSPS) is 37.7. The molecule has 0 aliphatic heterocycles. The van der Waals surface area contributed by atoms with E-state index in [9.17, 15) is 9.90 Å². The molecule has 0 amide bonds. The van der Waals surface area contributed by atoms with Gasteiger partial charge in [0, 0.05) is 6.08 Å². The molecule has 0 radical (unpaired) electrons. The van der Waals surface area contributed by atoms with E-state index >= 15 is 0 Å². The number of ether oxygens (including phenoxy) is 1. The summed E-state index contributed by atoms with van der Waals surface area (Å²) in [4.78, 5) is 12.3. The minimum atomic E-state index is -0.294. The summed E-state index contributed by atoms with van der Waals surface area (Å²) in [5, 5.41) is 9.40. The van der Waals surface area contributed by atoms with Crippen LogP contribution >= 0.6 is 0 Å². The van der Waals surface area contributed by atoms with Gasteiger partial charge < -0.3 is 9.84 Å². The summed E-state index contributed by atoms with van der Waals surface area (Å²) >= 11 is 0. The van der Waals surface area contributed by atoms with Gasteiger partial charge in [-0.15, -0.1) is 0 Å². The highest BCUT2D eigenvalue weighted by Crippen LogP contribution is 2.68. The lowest BCUT2D eigenvalue weighted by molar-refractivity contribution is -0.139. The number of phenolic OH excluding ortho intramolecular Hbond substituents is 1. The second kappa shape index (κ2) is 12.2. The van der Waals surface area contributed by atoms with Crippen LogP contribution in [-0.2, 0) is 9.53 Å². The minimum Gasteiger partial charge on any atom is -0.508 e. The van der Waals surface area contributed by atoms with Crippen LogP contribution in [0, 0.1) is 58.2 Å². The molecule has 10 atom stereocenters. The third-order valence-electron chi connectivity index (χ3n) is 13.2. The molecule has 3 heteroatoms. The Morgan fingerprint density at radius 3 is 2.42 bits per heavy atom. The zero-order valence-corrected chi connectivity index (χ0v) is 26.0. The quantitative estimate of drug-likeness (QED) is 0.247. The monoisotopic (exact) mass is 548 g/mol. The summed E-state index contributed by atoms with van der Waals surface area (Å²) in [7, 11) is 0. The smallest absolute Gasteiger partial charge is 0.330 e. The maximum atomic E-state index is 12.3. The number of aromatic hydroxyl groups is 1. The van der Waals surface area contributed by atoms with E-state index < -0.39 is 0 Å². The summed E-state index contributed by atoms with van der Waals surface area (Å²) in [6.07, 6.45) is 20.6. The van der Waals surface area contributed by atoms with Crippen LogP contribution in [0.3, 0.4) is 0 Å². The summed E-state index contributed by atoms with van der Waals surface area (Å²) < 4.78 is 5.58. The van der Waals surface area contributed by atoms with Crippen LogP contribution in [0.25, 0.3) is 6.08 Å². The van der Waals surface area contributed by atoms with E-state index in [2.05, 4.69) is 34.6 Å². The van der Waals surface area contributed by atoms with Crippen LogP contribution in [0.4, 0.5) is 0 Å². The zero-order chi connectivity index (χ0) is 28.5. The van der Waals surface area contributed by atoms with Crippen molar-refractivity contribution in [2.24, 2.45) is 58.2 Å². The minimum absolute atomic E-state index is 0.224. The average molecular weight is 549 g/mol. The van der Waals surface area contributed by atoms with Gasteiger partial charge in [0.05, 0.1) is 6.61 Å². The Kier molecular flexibility index (Phi) is 9.08. The van der Waals surface area contributed by atoms with Crippen molar-refractivity contribution in [1.82, 2.24) is 0 Å². The van der Waals surface area contributed by atoms with Crippen LogP contribution in [0.2, 0.25) is 0 Å². The summed E-state index contributed by atoms with van der Waals surface area (Å²) in [6.45, 7) is 13.0. The molecule has 0 spiro atoms. The second-order valence-electron chi connectivity index (χ2n) is 15.2. The Morgan fingerprint density at radius 1 is 0.900 bits per heavy atom. The molecule has 0 heterocycles. The fourth-order valence-corrected chi connectivity index (χ4v) is 10.5. The van der Waals surface area contributed by atoms with E-state index in [0.717, 1.165) is 41.1 Å². The first kappa shape index (κ1) is 29.7. The molecule has 1 aromatic rings. The van der Waals surface area contributed by atoms with Crippen molar-refractivity contribution < 1.29 is 14.6 Å². The van der Waals surface area contributed by atoms with Crippen LogP contribution in [0.15, 0.2) is 30.3 Å². The van der Waals surface area contributed by atoms with Gasteiger partial charge in [-0.05, 0) is 133 Å². The maximum absolute atomic E-state index is 12.3. The van der Waals surface area contributed by atoms with Gasteiger partial charge in [0.1, 0.15) is 5.75 Å². The van der Waals surface area contributed by atoms with Gasteiger partial charge in [-0.1, -0.05) is 72.4 Å². The van der Waals surface area contributed by atoms with Crippen LogP contribution < -0.4 is 0 Å². The molecular formula is C37H56O3. The first-order chi connectivity index (χ1) is 19.1. The fraction of sp³-hybridized carbons (Fsp3) is 0.757. The first-order valence-electron chi connectivity index (χ1n) is 16.8. The van der Waals surface area contributed by atoms with Gasteiger partial charge in [-0.3, -0.25) is 0 Å². The van der Waals surface area contributed by atoms with Crippen LogP contribution in [-0.4, -0.2) is 17.7 Å². The Hall–Kier alpha value is -1.77. The Morgan fingerprint density at radius 2 is 1.65 bits per heavy atom. The molecule has 4 fully saturated rings. The van der Waals surface area contributed by atoms with Crippen molar-refractivity contribution in [3.8, 4) is 5.75 Å². The van der Waals surface area contributed by atoms with Gasteiger partial charge in [-0.2, -0.15) is 0 Å². The molecule has 5 rings (SSSR count). The van der Waals surface area contributed by atoms with E-state index in [1.54, 1.807) is 30.3 Å². The number of hydrogen-bond acceptors (Lipinski definition) is 3. The van der Waals surface area contributed by atoms with Crippen molar-refractivity contribution >= 4 is 12.0 Å². The lowest BCUT2D eigenvalue weighted by atomic mass is 9.44. The Balaban J connectivity index is 1.09. The number of esters is 1. The molecule has 1 N–H and O–H groups in total. The predicted octanol–water partition coefficient (Wildman–Crippen LogP) is 9.69. The summed E-state index contributed by atoms with van der Waals surface area (Å²) in [6, 6.07) is 6.80. The highest BCUT2D eigenvalue weighted by Gasteiger charge is 2.60. The van der Waals surface area contributed by atoms with E-state index in [4.69, 9.17) is 4.74 Å². The first-order valence-corrected chi connectivity index (χ1v) is 16.8. The van der Waals surface area contributed by atoms with Gasteiger partial charge in [0.2, 0.25) is 0 Å². The lowest BCUT2D eigenvalue weighted by Gasteiger charge is -2.61. The van der Waals surface area contributed by atoms with Crippen LogP contribution in [0.5, 0.6) is 5.75 Å². The number of fused-ring (bicyclic) bond motifs is 5. The summed E-state index contributed by atoms with van der Waals surface area (Å²) in [5.41, 5.74) is 2.06. The van der Waals surface area contributed by atoms with Gasteiger partial charge >= 0.3 is 5.97 Å². The van der Waals surface area contributed by atoms with Gasteiger partial charge in [0.15, 0.2) is 0 Å². The molecule has 0 aromatic heterocycles. The number of benzene rings is 1. The maximum Gasteiger partial charge on any atom is 0.330 e. The van der Waals surface area contributed by atoms with E-state index in [1.165, 1.54) is 83.1 Å². The average Bonchev–Trinajstić information content (AvgIpc) is 3.31. The van der Waals surface area contributed by atoms with E-state index in [0.29, 0.717) is 29.3 Å². The number of rotatable bonds is 9. The molecule has 40 heavy (non-hydrogen) atoms. The van der Waals surface area contributed by atoms with Gasteiger partial charge in [-0.25, -0.2) is 4.79 Å². The van der Waals surface area contributed by atoms with Crippen molar-refractivity contribution in [2.45, 2.75) is 112 Å². The number of phenols is 1. The zero-order valence-electron chi connectivity index (χ0n) is 26.0. The van der Waals surface area contributed by atoms with Crippen molar-refractivity contribution in [1.29, 1.82) is 0 Å². The molecule has 3 nitrogen and oxygen atoms in total. The molecule has 1 aromatic carbocycles. The van der Waals surface area contributed by atoms with Crippen molar-refractivity contribution in [3.63, 3.8) is 0 Å². The third kappa shape index (κ3) is 5.91. The Labute approximate surface area is 244 Å². The molecule has 4 aliphatic rings. The highest BCUT2D eigenvalue weighted by molar-refractivity contribution is 5.87. The second-order valence-corrected chi connectivity index (χ2v) is 15.2.